The number of carbonyl (C=O) groups excluding carboxylic acids is 7. The number of hydrogen-bond donors (Lipinski definition) is 14. The van der Waals surface area contributed by atoms with Crippen molar-refractivity contribution in [3.05, 3.63) is 29.8 Å². The van der Waals surface area contributed by atoms with E-state index in [0.29, 0.717) is 11.3 Å². The molecule has 17 N–H and O–H groups in total. The van der Waals surface area contributed by atoms with Gasteiger partial charge in [-0.15, -0.1) is 0 Å². The average molecular weight is 926 g/mol. The number of nitrogens with zero attached hydrogens (tertiary/aromatic N) is 1. The molecule has 1 aromatic rings. The van der Waals surface area contributed by atoms with Gasteiger partial charge in [0, 0.05) is 19.4 Å². The summed E-state index contributed by atoms with van der Waals surface area (Å²) in [5.74, 6) is -9.48. The maximum atomic E-state index is 13.9. The first-order valence-electron chi connectivity index (χ1n) is 20.3. The van der Waals surface area contributed by atoms with Crippen LogP contribution in [0.1, 0.15) is 65.4 Å². The molecule has 0 bridgehead atoms. The number of nitrogens with one attached hydrogen (secondary N) is 7. The van der Waals surface area contributed by atoms with Crippen LogP contribution >= 0.6 is 11.8 Å². The van der Waals surface area contributed by atoms with Crippen molar-refractivity contribution in [3.63, 3.8) is 0 Å². The topological polar surface area (TPSA) is 409 Å². The number of guanidine groups is 1. The number of carbonyl (C=O) groups is 9. The number of aliphatic carboxylic acids is 2. The zero-order valence-corrected chi connectivity index (χ0v) is 37.2. The Kier molecular flexibility index (Phi) is 24.8. The number of hydrogen-bond acceptors (Lipinski definition) is 14. The summed E-state index contributed by atoms with van der Waals surface area (Å²) in [6.45, 7) is 5.13. The molecule has 8 atom stereocenters. The number of carboxylic acids is 2. The lowest BCUT2D eigenvalue weighted by atomic mass is 10.0. The molecule has 0 aliphatic carbocycles. The fourth-order valence-electron chi connectivity index (χ4n) is 5.78. The summed E-state index contributed by atoms with van der Waals surface area (Å²) in [4.78, 5) is 120. The molecule has 0 saturated carbocycles. The third-order valence-corrected chi connectivity index (χ3v) is 10.0. The molecule has 24 nitrogen and oxygen atoms in total. The van der Waals surface area contributed by atoms with Crippen LogP contribution in [-0.4, -0.2) is 153 Å². The van der Waals surface area contributed by atoms with Crippen LogP contribution in [-0.2, 0) is 49.6 Å². The highest BCUT2D eigenvalue weighted by atomic mass is 32.2. The zero-order valence-electron chi connectivity index (χ0n) is 36.4. The van der Waals surface area contributed by atoms with Crippen LogP contribution in [0.4, 0.5) is 0 Å². The van der Waals surface area contributed by atoms with Gasteiger partial charge in [0.25, 0.3) is 0 Å². The normalized spacial score (nSPS) is 14.7. The molecule has 0 aliphatic rings. The molecule has 0 spiro atoms. The molecule has 0 heterocycles. The number of nitrogens with two attached hydrogens (primary N) is 3. The predicted octanol–water partition coefficient (Wildman–Crippen LogP) is -3.90. The number of aliphatic imine (C=N–C) groups is 1. The van der Waals surface area contributed by atoms with Crippen LogP contribution in [0.5, 0.6) is 5.75 Å². The van der Waals surface area contributed by atoms with E-state index in [-0.39, 0.29) is 43.9 Å². The molecule has 0 unspecified atom stereocenters. The Balaban J connectivity index is 3.29. The van der Waals surface area contributed by atoms with E-state index in [0.717, 1.165) is 0 Å². The molecular formula is C39H63N11O13S. The van der Waals surface area contributed by atoms with Gasteiger partial charge in [0.1, 0.15) is 48.0 Å². The number of carboxylic acid groups (broad SMARTS) is 2. The first-order valence-corrected chi connectivity index (χ1v) is 21.7. The van der Waals surface area contributed by atoms with E-state index in [1.54, 1.807) is 20.1 Å². The van der Waals surface area contributed by atoms with E-state index in [9.17, 15) is 63.6 Å². The van der Waals surface area contributed by atoms with Crippen LogP contribution in [0, 0.1) is 5.92 Å². The quantitative estimate of drug-likeness (QED) is 0.0207. The van der Waals surface area contributed by atoms with Crippen molar-refractivity contribution in [3.8, 4) is 5.75 Å². The SMILES string of the molecule is CSCC[C@H](NC(=O)[C@H](CCC(=O)O)NC(=O)[C@H](C)NC(=O)[C@@H](NC(=O)[C@H](CCCN=C(N)N)NC(=O)[C@@H](NC(=O)[C@H](Cc1ccc(O)cc1)NC(=O)CN)[C@@H](C)O)C(C)C)C(=O)O. The van der Waals surface area contributed by atoms with Crippen molar-refractivity contribution in [2.45, 2.75) is 115 Å². The maximum Gasteiger partial charge on any atom is 0.326 e. The first-order chi connectivity index (χ1) is 30.0. The second-order valence-corrected chi connectivity index (χ2v) is 16.1. The highest BCUT2D eigenvalue weighted by molar-refractivity contribution is 7.98. The number of amides is 7. The van der Waals surface area contributed by atoms with Gasteiger partial charge in [-0.1, -0.05) is 26.0 Å². The molecule has 64 heavy (non-hydrogen) atoms. The van der Waals surface area contributed by atoms with Crippen LogP contribution in [0.2, 0.25) is 0 Å². The minimum atomic E-state index is -1.69. The van der Waals surface area contributed by atoms with Crippen LogP contribution < -0.4 is 54.4 Å². The standard InChI is InChI=1S/C39H63N11O13S/c1-19(2)30(36(60)44-20(3)32(56)46-25(12-13-29(54)55)33(57)48-26(38(62)63)14-16-64-5)49-34(58)24(7-6-15-43-39(41)42)47-37(61)31(21(4)51)50-35(59)27(45-28(53)18-40)17-22-8-10-23(52)11-9-22/h8-11,19-21,24-27,30-31,51-52H,6-7,12-18,40H2,1-5H3,(H,44,60)(H,45,53)(H,46,56)(H,47,61)(H,48,57)(H,49,58)(H,50,59)(H,54,55)(H,62,63)(H4,41,42,43)/t20-,21+,24-,25-,26-,27-,30-,31-/m0/s1. The summed E-state index contributed by atoms with van der Waals surface area (Å²) >= 11 is 1.34. The molecule has 1 aromatic carbocycles. The number of benzene rings is 1. The summed E-state index contributed by atoms with van der Waals surface area (Å²) in [5, 5.41) is 56.0. The highest BCUT2D eigenvalue weighted by Crippen LogP contribution is 2.13. The summed E-state index contributed by atoms with van der Waals surface area (Å²) in [6.07, 6.45) is -0.859. The van der Waals surface area contributed by atoms with E-state index < -0.39 is 127 Å². The van der Waals surface area contributed by atoms with E-state index in [1.807, 2.05) is 0 Å². The second-order valence-electron chi connectivity index (χ2n) is 15.1. The number of aromatic hydroxyl groups is 1. The van der Waals surface area contributed by atoms with Crippen molar-refractivity contribution in [1.29, 1.82) is 0 Å². The lowest BCUT2D eigenvalue weighted by molar-refractivity contribution is -0.143. The molecule has 0 aliphatic heterocycles. The Labute approximate surface area is 374 Å². The van der Waals surface area contributed by atoms with Gasteiger partial charge in [-0.2, -0.15) is 11.8 Å². The predicted molar refractivity (Wildman–Crippen MR) is 234 cm³/mol. The monoisotopic (exact) mass is 925 g/mol. The van der Waals surface area contributed by atoms with Crippen molar-refractivity contribution in [2.75, 3.05) is 25.1 Å². The minimum Gasteiger partial charge on any atom is -0.508 e. The fraction of sp³-hybridized carbons (Fsp3) is 0.590. The van der Waals surface area contributed by atoms with Crippen molar-refractivity contribution < 1.29 is 63.6 Å². The third kappa shape index (κ3) is 20.8. The van der Waals surface area contributed by atoms with E-state index in [1.165, 1.54) is 49.9 Å². The minimum absolute atomic E-state index is 0.0132. The van der Waals surface area contributed by atoms with Gasteiger partial charge in [0.2, 0.25) is 41.4 Å². The van der Waals surface area contributed by atoms with Crippen LogP contribution in [0.3, 0.4) is 0 Å². The van der Waals surface area contributed by atoms with E-state index in [4.69, 9.17) is 17.2 Å². The summed E-state index contributed by atoms with van der Waals surface area (Å²) in [6, 6.07) is -4.22. The summed E-state index contributed by atoms with van der Waals surface area (Å²) < 4.78 is 0. The Morgan fingerprint density at radius 2 is 1.20 bits per heavy atom. The Morgan fingerprint density at radius 3 is 1.73 bits per heavy atom. The Morgan fingerprint density at radius 1 is 0.672 bits per heavy atom. The van der Waals surface area contributed by atoms with Crippen LogP contribution in [0.25, 0.3) is 0 Å². The largest absolute Gasteiger partial charge is 0.508 e. The van der Waals surface area contributed by atoms with Gasteiger partial charge >= 0.3 is 11.9 Å². The van der Waals surface area contributed by atoms with Gasteiger partial charge in [0.05, 0.1) is 12.6 Å². The molecule has 0 fully saturated rings. The van der Waals surface area contributed by atoms with Crippen molar-refractivity contribution in [2.24, 2.45) is 28.1 Å². The smallest absolute Gasteiger partial charge is 0.326 e. The van der Waals surface area contributed by atoms with E-state index in [2.05, 4.69) is 42.2 Å². The molecule has 0 radical (unpaired) electrons. The molecule has 0 saturated heterocycles. The Bertz CT molecular complexity index is 1800. The van der Waals surface area contributed by atoms with Gasteiger partial charge in [-0.05, 0) is 75.2 Å². The summed E-state index contributed by atoms with van der Waals surface area (Å²) in [5.41, 5.74) is 16.8. The lowest BCUT2D eigenvalue weighted by Crippen LogP contribution is -2.62. The second kappa shape index (κ2) is 28.5. The van der Waals surface area contributed by atoms with Crippen molar-refractivity contribution in [1.82, 2.24) is 37.2 Å². The molecule has 358 valence electrons. The molecule has 0 aromatic heterocycles. The number of thioether (sulfide) groups is 1. The molecule has 25 heteroatoms. The maximum absolute atomic E-state index is 13.9. The van der Waals surface area contributed by atoms with Gasteiger partial charge in [-0.25, -0.2) is 4.79 Å². The lowest BCUT2D eigenvalue weighted by Gasteiger charge is -2.29. The fourth-order valence-corrected chi connectivity index (χ4v) is 6.25. The average Bonchev–Trinajstić information content (AvgIpc) is 3.22. The zero-order chi connectivity index (χ0) is 48.7. The highest BCUT2D eigenvalue weighted by Gasteiger charge is 2.35. The third-order valence-electron chi connectivity index (χ3n) is 9.36. The van der Waals surface area contributed by atoms with E-state index >= 15 is 0 Å². The number of phenols is 1. The molecule has 7 amide bonds. The van der Waals surface area contributed by atoms with Gasteiger partial charge in [-0.3, -0.25) is 43.3 Å². The number of rotatable bonds is 29. The Hall–Kier alpha value is -6.21. The molecule has 1 rings (SSSR count). The number of aliphatic hydroxyl groups is 1. The number of aliphatic hydroxyl groups excluding tert-OH is 1. The molecular weight excluding hydrogens is 863 g/mol. The number of phenolic OH excluding ortho intramolecular Hbond substituents is 1. The summed E-state index contributed by atoms with van der Waals surface area (Å²) in [7, 11) is 0. The van der Waals surface area contributed by atoms with Gasteiger partial charge < -0.3 is 74.8 Å². The van der Waals surface area contributed by atoms with Gasteiger partial charge in [0.15, 0.2) is 5.96 Å². The van der Waals surface area contributed by atoms with Crippen molar-refractivity contribution >= 4 is 71.0 Å². The first kappa shape index (κ1) is 55.8. The van der Waals surface area contributed by atoms with Crippen LogP contribution in [0.15, 0.2) is 29.3 Å².